The van der Waals surface area contributed by atoms with Gasteiger partial charge in [0.05, 0.1) is 12.1 Å². The van der Waals surface area contributed by atoms with Crippen molar-refractivity contribution in [1.82, 2.24) is 23.7 Å². The standard InChI is InChI=1S/C14H19N5O4S3/c1-16-7-11(15-10-16)26(22,23)18-4-2-3-17(5-6-18)12(20)8-19-13(21)9-25-14(19)24/h7,10H,2-6,8-9H2,1H3. The fourth-order valence-corrected chi connectivity index (χ4v) is 5.31. The molecule has 1 aromatic rings. The van der Waals surface area contributed by atoms with Crippen molar-refractivity contribution >= 4 is 50.1 Å². The number of nitrogens with zero attached hydrogens (tertiary/aromatic N) is 5. The van der Waals surface area contributed by atoms with Crippen LogP contribution in [0, 0.1) is 0 Å². The molecular weight excluding hydrogens is 398 g/mol. The van der Waals surface area contributed by atoms with E-state index in [4.69, 9.17) is 12.2 Å². The topological polar surface area (TPSA) is 95.8 Å². The predicted octanol–water partition coefficient (Wildman–Crippen LogP) is -0.497. The van der Waals surface area contributed by atoms with Gasteiger partial charge >= 0.3 is 0 Å². The zero-order valence-electron chi connectivity index (χ0n) is 14.2. The highest BCUT2D eigenvalue weighted by Gasteiger charge is 2.32. The number of imidazole rings is 1. The van der Waals surface area contributed by atoms with Crippen molar-refractivity contribution in [3.63, 3.8) is 0 Å². The second kappa shape index (κ2) is 7.62. The third-order valence-electron chi connectivity index (χ3n) is 4.23. The van der Waals surface area contributed by atoms with Crippen molar-refractivity contribution in [3.05, 3.63) is 12.5 Å². The number of aryl methyl sites for hydroxylation is 1. The lowest BCUT2D eigenvalue weighted by atomic mass is 10.3. The van der Waals surface area contributed by atoms with Crippen molar-refractivity contribution in [2.75, 3.05) is 38.5 Å². The highest BCUT2D eigenvalue weighted by atomic mass is 32.2. The van der Waals surface area contributed by atoms with E-state index < -0.39 is 10.0 Å². The Morgan fingerprint density at radius 3 is 2.69 bits per heavy atom. The molecule has 0 saturated carbocycles. The molecule has 9 nitrogen and oxygen atoms in total. The van der Waals surface area contributed by atoms with Gasteiger partial charge in [0.2, 0.25) is 11.8 Å². The Balaban J connectivity index is 1.64. The smallest absolute Gasteiger partial charge is 0.262 e. The largest absolute Gasteiger partial charge is 0.340 e. The number of hydrogen-bond donors (Lipinski definition) is 0. The number of hydrogen-bond acceptors (Lipinski definition) is 7. The molecule has 0 radical (unpaired) electrons. The van der Waals surface area contributed by atoms with Crippen LogP contribution in [0.1, 0.15) is 6.42 Å². The molecule has 0 aliphatic carbocycles. The molecule has 142 valence electrons. The Bertz CT molecular complexity index is 821. The lowest BCUT2D eigenvalue weighted by Crippen LogP contribution is -2.44. The van der Waals surface area contributed by atoms with Gasteiger partial charge in [0.1, 0.15) is 10.9 Å². The van der Waals surface area contributed by atoms with Crippen LogP contribution in [-0.4, -0.2) is 86.7 Å². The van der Waals surface area contributed by atoms with Crippen molar-refractivity contribution in [2.24, 2.45) is 7.05 Å². The monoisotopic (exact) mass is 417 g/mol. The highest BCUT2D eigenvalue weighted by Crippen LogP contribution is 2.20. The first kappa shape index (κ1) is 19.3. The molecule has 26 heavy (non-hydrogen) atoms. The highest BCUT2D eigenvalue weighted by molar-refractivity contribution is 8.23. The first-order chi connectivity index (χ1) is 12.3. The summed E-state index contributed by atoms with van der Waals surface area (Å²) in [6, 6.07) is 0. The molecule has 0 aromatic carbocycles. The molecule has 12 heteroatoms. The zero-order chi connectivity index (χ0) is 18.9. The molecule has 0 atom stereocenters. The van der Waals surface area contributed by atoms with Crippen LogP contribution in [-0.2, 0) is 26.7 Å². The zero-order valence-corrected chi connectivity index (χ0v) is 16.6. The molecule has 0 N–H and O–H groups in total. The Labute approximate surface area is 161 Å². The first-order valence-corrected chi connectivity index (χ1v) is 10.9. The molecule has 1 aromatic heterocycles. The van der Waals surface area contributed by atoms with E-state index in [0.29, 0.717) is 23.8 Å². The summed E-state index contributed by atoms with van der Waals surface area (Å²) in [6.45, 7) is 1.14. The van der Waals surface area contributed by atoms with Crippen molar-refractivity contribution < 1.29 is 18.0 Å². The van der Waals surface area contributed by atoms with Gasteiger partial charge in [-0.15, -0.1) is 0 Å². The minimum Gasteiger partial charge on any atom is -0.340 e. The molecule has 3 rings (SSSR count). The number of amides is 2. The maximum absolute atomic E-state index is 12.7. The number of sulfonamides is 1. The van der Waals surface area contributed by atoms with Gasteiger partial charge in [-0.2, -0.15) is 4.31 Å². The number of rotatable bonds is 4. The number of carbonyl (C=O) groups is 2. The molecule has 2 aliphatic rings. The van der Waals surface area contributed by atoms with E-state index in [2.05, 4.69) is 4.98 Å². The first-order valence-electron chi connectivity index (χ1n) is 8.02. The van der Waals surface area contributed by atoms with E-state index in [1.165, 1.54) is 33.5 Å². The van der Waals surface area contributed by atoms with Crippen LogP contribution in [0.15, 0.2) is 17.6 Å². The van der Waals surface area contributed by atoms with Gasteiger partial charge in [0, 0.05) is 39.4 Å². The molecule has 3 heterocycles. The number of thiocarbonyl (C=S) groups is 1. The van der Waals surface area contributed by atoms with Crippen molar-refractivity contribution in [1.29, 1.82) is 0 Å². The third kappa shape index (κ3) is 3.92. The predicted molar refractivity (Wildman–Crippen MR) is 99.9 cm³/mol. The molecule has 2 aliphatic heterocycles. The van der Waals surface area contributed by atoms with E-state index in [1.807, 2.05) is 0 Å². The Kier molecular flexibility index (Phi) is 5.65. The molecule has 0 unspecified atom stereocenters. The Morgan fingerprint density at radius 2 is 2.08 bits per heavy atom. The van der Waals surface area contributed by atoms with Crippen LogP contribution in [0.2, 0.25) is 0 Å². The summed E-state index contributed by atoms with van der Waals surface area (Å²) >= 11 is 6.34. The molecule has 0 bridgehead atoms. The van der Waals surface area contributed by atoms with Crippen LogP contribution in [0.25, 0.3) is 0 Å². The molecule has 0 spiro atoms. The summed E-state index contributed by atoms with van der Waals surface area (Å²) in [5, 5.41) is 0.00446. The van der Waals surface area contributed by atoms with Crippen molar-refractivity contribution in [2.45, 2.75) is 11.4 Å². The lowest BCUT2D eigenvalue weighted by molar-refractivity contribution is -0.135. The van der Waals surface area contributed by atoms with Crippen molar-refractivity contribution in [3.8, 4) is 0 Å². The third-order valence-corrected chi connectivity index (χ3v) is 7.44. The van der Waals surface area contributed by atoms with Gasteiger partial charge < -0.3 is 9.47 Å². The summed E-state index contributed by atoms with van der Waals surface area (Å²) in [7, 11) is -1.97. The SMILES string of the molecule is Cn1cnc(S(=O)(=O)N2CCCN(C(=O)CN3C(=O)CSC3=S)CC2)c1. The fraction of sp³-hybridized carbons (Fsp3) is 0.571. The van der Waals surface area contributed by atoms with Gasteiger partial charge in [0.25, 0.3) is 10.0 Å². The van der Waals surface area contributed by atoms with Gasteiger partial charge in [-0.25, -0.2) is 13.4 Å². The van der Waals surface area contributed by atoms with Gasteiger partial charge in [-0.3, -0.25) is 14.5 Å². The summed E-state index contributed by atoms with van der Waals surface area (Å²) in [4.78, 5) is 31.1. The molecular formula is C14H19N5O4S3. The van der Waals surface area contributed by atoms with Gasteiger partial charge in [0.15, 0.2) is 5.03 Å². The maximum Gasteiger partial charge on any atom is 0.262 e. The number of carbonyl (C=O) groups excluding carboxylic acids is 2. The minimum absolute atomic E-state index is 0.00446. The van der Waals surface area contributed by atoms with Crippen LogP contribution in [0.3, 0.4) is 0 Å². The fourth-order valence-electron chi connectivity index (χ4n) is 2.81. The molecule has 2 fully saturated rings. The van der Waals surface area contributed by atoms with E-state index in [-0.39, 0.29) is 42.2 Å². The Morgan fingerprint density at radius 1 is 1.31 bits per heavy atom. The average molecular weight is 418 g/mol. The van der Waals surface area contributed by atoms with E-state index in [0.717, 1.165) is 0 Å². The van der Waals surface area contributed by atoms with Crippen LogP contribution in [0.4, 0.5) is 0 Å². The summed E-state index contributed by atoms with van der Waals surface area (Å²) < 4.78 is 28.7. The molecule has 2 amide bonds. The van der Waals surface area contributed by atoms with E-state index in [1.54, 1.807) is 16.5 Å². The summed E-state index contributed by atoms with van der Waals surface area (Å²) in [5.74, 6) is -0.120. The van der Waals surface area contributed by atoms with E-state index in [9.17, 15) is 18.0 Å². The second-order valence-electron chi connectivity index (χ2n) is 6.05. The van der Waals surface area contributed by atoms with Gasteiger partial charge in [-0.1, -0.05) is 24.0 Å². The summed E-state index contributed by atoms with van der Waals surface area (Å²) in [6.07, 6.45) is 3.42. The summed E-state index contributed by atoms with van der Waals surface area (Å²) in [5.41, 5.74) is 0. The number of thioether (sulfide) groups is 1. The normalized spacial score (nSPS) is 19.9. The Hall–Kier alpha value is -1.50. The quantitative estimate of drug-likeness (QED) is 0.610. The van der Waals surface area contributed by atoms with Crippen LogP contribution in [0.5, 0.6) is 0 Å². The lowest BCUT2D eigenvalue weighted by Gasteiger charge is -2.24. The van der Waals surface area contributed by atoms with E-state index >= 15 is 0 Å². The number of aromatic nitrogens is 2. The second-order valence-corrected chi connectivity index (χ2v) is 9.54. The van der Waals surface area contributed by atoms with Crippen LogP contribution >= 0.6 is 24.0 Å². The maximum atomic E-state index is 12.7. The minimum atomic E-state index is -3.68. The van der Waals surface area contributed by atoms with Crippen LogP contribution < -0.4 is 0 Å². The average Bonchev–Trinajstić information content (AvgIpc) is 3.05. The van der Waals surface area contributed by atoms with Gasteiger partial charge in [-0.05, 0) is 6.42 Å². The molecule has 2 saturated heterocycles.